The number of hydrogen-bond donors (Lipinski definition) is 1. The molecule has 1 fully saturated rings. The highest BCUT2D eigenvalue weighted by Gasteiger charge is 2.21. The SMILES string of the molecule is C=C(O)c1cc2c(F)c(C(=C)/C=C(/N=C/C(=O)N3CCCCCC3C)N(C)/C(=C\C)CC)ccc2o1. The summed E-state index contributed by atoms with van der Waals surface area (Å²) in [5, 5.41) is 9.83. The predicted molar refractivity (Wildman–Crippen MR) is 145 cm³/mol. The monoisotopic (exact) mass is 493 g/mol. The Bertz CT molecular complexity index is 1240. The lowest BCUT2D eigenvalue weighted by molar-refractivity contribution is -0.125. The molecule has 2 aromatic rings. The van der Waals surface area contributed by atoms with E-state index < -0.39 is 5.82 Å². The molecule has 0 spiro atoms. The number of aliphatic hydroxyl groups excluding tert-OH is 1. The summed E-state index contributed by atoms with van der Waals surface area (Å²) in [7, 11) is 1.86. The van der Waals surface area contributed by atoms with Crippen LogP contribution >= 0.6 is 0 Å². The van der Waals surface area contributed by atoms with Crippen molar-refractivity contribution in [2.75, 3.05) is 13.6 Å². The molecule has 1 atom stereocenters. The first kappa shape index (κ1) is 27.0. The van der Waals surface area contributed by atoms with Crippen molar-refractivity contribution in [3.63, 3.8) is 0 Å². The van der Waals surface area contributed by atoms with Crippen LogP contribution in [0.1, 0.15) is 64.2 Å². The molecule has 0 bridgehead atoms. The number of amides is 1. The minimum atomic E-state index is -0.521. The Balaban J connectivity index is 1.97. The number of fused-ring (bicyclic) bond motifs is 1. The van der Waals surface area contributed by atoms with Crippen LogP contribution in [0.15, 0.2) is 64.4 Å². The summed E-state index contributed by atoms with van der Waals surface area (Å²) in [6, 6.07) is 4.78. The minimum Gasteiger partial charge on any atom is -0.505 e. The van der Waals surface area contributed by atoms with E-state index in [9.17, 15) is 9.90 Å². The van der Waals surface area contributed by atoms with Crippen LogP contribution in [-0.2, 0) is 4.79 Å². The van der Waals surface area contributed by atoms with Gasteiger partial charge in [0, 0.05) is 30.9 Å². The summed E-state index contributed by atoms with van der Waals surface area (Å²) >= 11 is 0. The van der Waals surface area contributed by atoms with Crippen molar-refractivity contribution < 1.29 is 18.7 Å². The Morgan fingerprint density at radius 2 is 2.08 bits per heavy atom. The van der Waals surface area contributed by atoms with Crippen LogP contribution < -0.4 is 0 Å². The van der Waals surface area contributed by atoms with Gasteiger partial charge in [0.2, 0.25) is 0 Å². The van der Waals surface area contributed by atoms with Gasteiger partial charge < -0.3 is 19.3 Å². The first-order valence-corrected chi connectivity index (χ1v) is 12.4. The summed E-state index contributed by atoms with van der Waals surface area (Å²) < 4.78 is 20.8. The molecule has 1 aromatic carbocycles. The molecule has 1 saturated heterocycles. The Kier molecular flexibility index (Phi) is 8.91. The van der Waals surface area contributed by atoms with Gasteiger partial charge in [0.15, 0.2) is 11.5 Å². The lowest BCUT2D eigenvalue weighted by atomic mass is 10.0. The molecule has 1 N–H and O–H groups in total. The molecule has 2 heterocycles. The van der Waals surface area contributed by atoms with E-state index in [2.05, 4.69) is 25.1 Å². The molecular formula is C29H36FN3O3. The third-order valence-corrected chi connectivity index (χ3v) is 6.68. The molecule has 0 radical (unpaired) electrons. The van der Waals surface area contributed by atoms with Gasteiger partial charge in [-0.05, 0) is 63.0 Å². The van der Waals surface area contributed by atoms with Crippen molar-refractivity contribution in [2.45, 2.75) is 58.9 Å². The smallest absolute Gasteiger partial charge is 0.265 e. The van der Waals surface area contributed by atoms with Gasteiger partial charge in [-0.25, -0.2) is 9.38 Å². The van der Waals surface area contributed by atoms with E-state index in [0.717, 1.165) is 44.3 Å². The molecule has 7 heteroatoms. The first-order valence-electron chi connectivity index (χ1n) is 12.4. The zero-order chi connectivity index (χ0) is 26.4. The molecule has 6 nitrogen and oxygen atoms in total. The number of aliphatic hydroxyl groups is 1. The molecule has 1 aliphatic rings. The van der Waals surface area contributed by atoms with E-state index in [4.69, 9.17) is 4.42 Å². The van der Waals surface area contributed by atoms with Crippen LogP contribution in [0.5, 0.6) is 0 Å². The summed E-state index contributed by atoms with van der Waals surface area (Å²) in [5.41, 5.74) is 1.96. The van der Waals surface area contributed by atoms with Gasteiger partial charge in [-0.1, -0.05) is 39.0 Å². The minimum absolute atomic E-state index is 0.106. The molecule has 3 rings (SSSR count). The second-order valence-corrected chi connectivity index (χ2v) is 9.10. The van der Waals surface area contributed by atoms with Gasteiger partial charge in [0.1, 0.15) is 17.2 Å². The summed E-state index contributed by atoms with van der Waals surface area (Å²) in [6.45, 7) is 14.3. The van der Waals surface area contributed by atoms with Gasteiger partial charge in [-0.3, -0.25) is 4.79 Å². The van der Waals surface area contributed by atoms with Gasteiger partial charge in [-0.2, -0.15) is 0 Å². The van der Waals surface area contributed by atoms with Gasteiger partial charge >= 0.3 is 0 Å². The van der Waals surface area contributed by atoms with E-state index in [0.29, 0.717) is 17.0 Å². The highest BCUT2D eigenvalue weighted by atomic mass is 19.1. The van der Waals surface area contributed by atoms with Crippen molar-refractivity contribution in [1.82, 2.24) is 9.80 Å². The second-order valence-electron chi connectivity index (χ2n) is 9.10. The highest BCUT2D eigenvalue weighted by Crippen LogP contribution is 2.31. The average molecular weight is 494 g/mol. The highest BCUT2D eigenvalue weighted by molar-refractivity contribution is 6.26. The maximum Gasteiger partial charge on any atom is 0.265 e. The number of nitrogens with zero attached hydrogens (tertiary/aromatic N) is 3. The fourth-order valence-corrected chi connectivity index (χ4v) is 4.50. The van der Waals surface area contributed by atoms with Crippen LogP contribution in [0.3, 0.4) is 0 Å². The zero-order valence-electron chi connectivity index (χ0n) is 21.7. The van der Waals surface area contributed by atoms with E-state index in [1.807, 2.05) is 36.8 Å². The molecule has 1 amide bonds. The van der Waals surface area contributed by atoms with Crippen LogP contribution in [0.4, 0.5) is 4.39 Å². The third kappa shape index (κ3) is 5.96. The fourth-order valence-electron chi connectivity index (χ4n) is 4.50. The summed E-state index contributed by atoms with van der Waals surface area (Å²) in [4.78, 5) is 21.3. The number of aliphatic imine (C=N–C) groups is 1. The quantitative estimate of drug-likeness (QED) is 0.243. The lowest BCUT2D eigenvalue weighted by Gasteiger charge is -2.26. The van der Waals surface area contributed by atoms with Crippen molar-refractivity contribution >= 4 is 34.4 Å². The molecule has 0 aliphatic carbocycles. The number of benzene rings is 1. The van der Waals surface area contributed by atoms with E-state index >= 15 is 4.39 Å². The van der Waals surface area contributed by atoms with Crippen LogP contribution in [0.2, 0.25) is 0 Å². The van der Waals surface area contributed by atoms with Crippen molar-refractivity contribution in [3.05, 3.63) is 72.2 Å². The maximum atomic E-state index is 15.4. The Morgan fingerprint density at radius 3 is 2.75 bits per heavy atom. The van der Waals surface area contributed by atoms with Crippen molar-refractivity contribution in [3.8, 4) is 0 Å². The second kappa shape index (κ2) is 11.9. The maximum absolute atomic E-state index is 15.4. The molecule has 1 unspecified atom stereocenters. The van der Waals surface area contributed by atoms with Crippen LogP contribution in [0.25, 0.3) is 22.3 Å². The third-order valence-electron chi connectivity index (χ3n) is 6.68. The predicted octanol–water partition coefficient (Wildman–Crippen LogP) is 7.06. The topological polar surface area (TPSA) is 69.3 Å². The van der Waals surface area contributed by atoms with Gasteiger partial charge in [-0.15, -0.1) is 0 Å². The standard InChI is InChI=1S/C29H36FN3O3/c1-7-22(8-2)32(6)27(31-18-28(35)33-15-11-9-10-12-20(33)4)16-19(3)23-13-14-25-24(29(23)30)17-26(36-25)21(5)34/h7,13-14,16-18,20,34H,3,5,8-12,15H2,1-2,4,6H3/b22-7-,27-16-,31-18+. The molecule has 0 saturated carbocycles. The number of carbonyl (C=O) groups excluding carboxylic acids is 1. The van der Waals surface area contributed by atoms with Crippen LogP contribution in [-0.4, -0.2) is 46.7 Å². The Labute approximate surface area is 212 Å². The molecule has 36 heavy (non-hydrogen) atoms. The number of likely N-dealkylation sites (tertiary alicyclic amines) is 1. The van der Waals surface area contributed by atoms with Crippen LogP contribution in [0, 0.1) is 5.82 Å². The largest absolute Gasteiger partial charge is 0.505 e. The lowest BCUT2D eigenvalue weighted by Crippen LogP contribution is -2.39. The van der Waals surface area contributed by atoms with E-state index in [-0.39, 0.29) is 34.4 Å². The average Bonchev–Trinajstić information content (AvgIpc) is 3.19. The first-order chi connectivity index (χ1) is 17.2. The number of hydrogen-bond acceptors (Lipinski definition) is 5. The molecule has 1 aliphatic heterocycles. The number of halogens is 1. The van der Waals surface area contributed by atoms with Crippen molar-refractivity contribution in [1.29, 1.82) is 0 Å². The Morgan fingerprint density at radius 1 is 1.33 bits per heavy atom. The van der Waals surface area contributed by atoms with E-state index in [1.54, 1.807) is 18.2 Å². The number of carbonyl (C=O) groups is 1. The number of rotatable bonds is 8. The molecule has 192 valence electrons. The molecular weight excluding hydrogens is 457 g/mol. The zero-order valence-corrected chi connectivity index (χ0v) is 21.7. The fraction of sp³-hybridized carbons (Fsp3) is 0.379. The van der Waals surface area contributed by atoms with E-state index in [1.165, 1.54) is 12.3 Å². The Hall–Kier alpha value is -3.61. The van der Waals surface area contributed by atoms with Gasteiger partial charge in [0.05, 0.1) is 11.6 Å². The number of furan rings is 1. The summed E-state index contributed by atoms with van der Waals surface area (Å²) in [6.07, 6.45) is 9.98. The molecule has 1 aromatic heterocycles. The summed E-state index contributed by atoms with van der Waals surface area (Å²) in [5.74, 6) is -0.343. The normalized spacial score (nSPS) is 17.5. The van der Waals surface area contributed by atoms with Crippen molar-refractivity contribution in [2.24, 2.45) is 4.99 Å². The number of allylic oxidation sites excluding steroid dienone is 4. The van der Waals surface area contributed by atoms with Gasteiger partial charge in [0.25, 0.3) is 5.91 Å².